The zero-order valence-electron chi connectivity index (χ0n) is 13.7. The summed E-state index contributed by atoms with van der Waals surface area (Å²) >= 11 is 5.86. The fourth-order valence-corrected chi connectivity index (χ4v) is 2.34. The van der Waals surface area contributed by atoms with Crippen molar-refractivity contribution in [2.45, 2.75) is 13.0 Å². The van der Waals surface area contributed by atoms with Crippen LogP contribution in [-0.4, -0.2) is 24.5 Å². The first-order valence-corrected chi connectivity index (χ1v) is 7.89. The molecule has 6 nitrogen and oxygen atoms in total. The molecular weight excluding hydrogens is 455 g/mol. The number of aliphatic imine (C=N–C) groups is 1. The van der Waals surface area contributed by atoms with E-state index in [2.05, 4.69) is 15.6 Å². The number of rotatable bonds is 6. The van der Waals surface area contributed by atoms with Gasteiger partial charge in [0.1, 0.15) is 0 Å². The molecule has 0 aliphatic heterocycles. The zero-order chi connectivity index (χ0) is 17.4. The van der Waals surface area contributed by atoms with Gasteiger partial charge in [0.2, 0.25) is 0 Å². The summed E-state index contributed by atoms with van der Waals surface area (Å²) < 4.78 is 0. The van der Waals surface area contributed by atoms with Crippen LogP contribution >= 0.6 is 35.6 Å². The Balaban J connectivity index is 0.00000312. The second kappa shape index (κ2) is 10.9. The topological polar surface area (TPSA) is 79.6 Å². The van der Waals surface area contributed by atoms with E-state index in [9.17, 15) is 10.1 Å². The van der Waals surface area contributed by atoms with Crippen LogP contribution in [0.5, 0.6) is 0 Å². The van der Waals surface area contributed by atoms with Crippen LogP contribution in [0, 0.1) is 10.1 Å². The van der Waals surface area contributed by atoms with Crippen LogP contribution in [0.15, 0.2) is 53.5 Å². The Kier molecular flexibility index (Phi) is 9.22. The minimum absolute atomic E-state index is 0. The van der Waals surface area contributed by atoms with Crippen molar-refractivity contribution in [3.05, 3.63) is 74.8 Å². The Morgan fingerprint density at radius 3 is 2.48 bits per heavy atom. The number of nitro benzene ring substituents is 1. The van der Waals surface area contributed by atoms with Crippen LogP contribution in [0.1, 0.15) is 11.1 Å². The van der Waals surface area contributed by atoms with Crippen LogP contribution in [0.3, 0.4) is 0 Å². The second-order valence-corrected chi connectivity index (χ2v) is 5.55. The Bertz CT molecular complexity index is 723. The molecule has 0 spiro atoms. The molecule has 134 valence electrons. The molecule has 2 N–H and O–H groups in total. The fourth-order valence-electron chi connectivity index (χ4n) is 2.21. The van der Waals surface area contributed by atoms with Crippen molar-refractivity contribution in [3.63, 3.8) is 0 Å². The van der Waals surface area contributed by atoms with Gasteiger partial charge in [-0.25, -0.2) is 0 Å². The van der Waals surface area contributed by atoms with Crippen molar-refractivity contribution in [3.8, 4) is 0 Å². The fraction of sp³-hybridized carbons (Fsp3) is 0.235. The molecule has 0 radical (unpaired) electrons. The Hall–Kier alpha value is -1.87. The van der Waals surface area contributed by atoms with E-state index in [0.29, 0.717) is 29.6 Å². The van der Waals surface area contributed by atoms with Crippen LogP contribution in [-0.2, 0) is 13.0 Å². The van der Waals surface area contributed by atoms with E-state index in [1.165, 1.54) is 11.6 Å². The van der Waals surface area contributed by atoms with E-state index < -0.39 is 0 Å². The lowest BCUT2D eigenvalue weighted by Crippen LogP contribution is -2.37. The Morgan fingerprint density at radius 1 is 1.16 bits per heavy atom. The third-order valence-corrected chi connectivity index (χ3v) is 3.73. The van der Waals surface area contributed by atoms with Crippen molar-refractivity contribution in [2.75, 3.05) is 13.6 Å². The number of hydrogen-bond acceptors (Lipinski definition) is 3. The number of nitrogens with one attached hydrogen (secondary N) is 2. The molecule has 2 rings (SSSR count). The van der Waals surface area contributed by atoms with E-state index in [0.717, 1.165) is 6.42 Å². The van der Waals surface area contributed by atoms with Gasteiger partial charge in [0.05, 0.1) is 4.92 Å². The average molecular weight is 475 g/mol. The SMILES string of the molecule is CN=C(NCCc1ccc(Cl)cc1)NCc1ccccc1[N+](=O)[O-].I. The summed E-state index contributed by atoms with van der Waals surface area (Å²) in [6.07, 6.45) is 0.823. The highest BCUT2D eigenvalue weighted by atomic mass is 127. The largest absolute Gasteiger partial charge is 0.356 e. The van der Waals surface area contributed by atoms with Gasteiger partial charge in [0.15, 0.2) is 5.96 Å². The van der Waals surface area contributed by atoms with Gasteiger partial charge in [0.25, 0.3) is 5.69 Å². The summed E-state index contributed by atoms with van der Waals surface area (Å²) in [5, 5.41) is 18.0. The lowest BCUT2D eigenvalue weighted by Gasteiger charge is -2.12. The van der Waals surface area contributed by atoms with Gasteiger partial charge >= 0.3 is 0 Å². The molecule has 0 aliphatic carbocycles. The minimum Gasteiger partial charge on any atom is -0.356 e. The van der Waals surface area contributed by atoms with E-state index >= 15 is 0 Å². The quantitative estimate of drug-likeness (QED) is 0.220. The van der Waals surface area contributed by atoms with Gasteiger partial charge in [-0.3, -0.25) is 15.1 Å². The summed E-state index contributed by atoms with van der Waals surface area (Å²) in [7, 11) is 1.66. The molecule has 8 heteroatoms. The summed E-state index contributed by atoms with van der Waals surface area (Å²) in [6.45, 7) is 1.02. The molecule has 0 atom stereocenters. The maximum Gasteiger partial charge on any atom is 0.274 e. The highest BCUT2D eigenvalue weighted by molar-refractivity contribution is 14.0. The van der Waals surface area contributed by atoms with Gasteiger partial charge < -0.3 is 10.6 Å². The van der Waals surface area contributed by atoms with Gasteiger partial charge in [-0.2, -0.15) is 0 Å². The molecule has 0 saturated carbocycles. The Labute approximate surface area is 168 Å². The van der Waals surface area contributed by atoms with Gasteiger partial charge in [-0.05, 0) is 24.1 Å². The molecule has 0 unspecified atom stereocenters. The highest BCUT2D eigenvalue weighted by Crippen LogP contribution is 2.17. The van der Waals surface area contributed by atoms with E-state index in [-0.39, 0.29) is 34.6 Å². The predicted molar refractivity (Wildman–Crippen MR) is 112 cm³/mol. The van der Waals surface area contributed by atoms with Crippen molar-refractivity contribution >= 4 is 47.2 Å². The van der Waals surface area contributed by atoms with Crippen LogP contribution in [0.2, 0.25) is 5.02 Å². The lowest BCUT2D eigenvalue weighted by atomic mass is 10.1. The van der Waals surface area contributed by atoms with Crippen LogP contribution < -0.4 is 10.6 Å². The summed E-state index contributed by atoms with van der Waals surface area (Å²) in [6, 6.07) is 14.3. The summed E-state index contributed by atoms with van der Waals surface area (Å²) in [5.41, 5.74) is 1.88. The third-order valence-electron chi connectivity index (χ3n) is 3.48. The predicted octanol–water partition coefficient (Wildman–Crippen LogP) is 3.77. The Morgan fingerprint density at radius 2 is 1.84 bits per heavy atom. The molecule has 0 amide bonds. The molecule has 0 saturated heterocycles. The summed E-state index contributed by atoms with van der Waals surface area (Å²) in [4.78, 5) is 14.8. The molecule has 25 heavy (non-hydrogen) atoms. The molecule has 0 heterocycles. The number of hydrogen-bond donors (Lipinski definition) is 2. The first-order valence-electron chi connectivity index (χ1n) is 7.51. The van der Waals surface area contributed by atoms with E-state index in [1.54, 1.807) is 25.2 Å². The first-order chi connectivity index (χ1) is 11.6. The standard InChI is InChI=1S/C17H19ClN4O2.HI/c1-19-17(20-11-10-13-6-8-15(18)9-7-13)21-12-14-4-2-3-5-16(14)22(23)24;/h2-9H,10-12H2,1H3,(H2,19,20,21);1H. The lowest BCUT2D eigenvalue weighted by molar-refractivity contribution is -0.385. The number of nitrogens with zero attached hydrogens (tertiary/aromatic N) is 2. The van der Waals surface area contributed by atoms with Crippen LogP contribution in [0.4, 0.5) is 5.69 Å². The van der Waals surface area contributed by atoms with Crippen molar-refractivity contribution < 1.29 is 4.92 Å². The maximum absolute atomic E-state index is 11.0. The van der Waals surface area contributed by atoms with Crippen molar-refractivity contribution in [1.29, 1.82) is 0 Å². The van der Waals surface area contributed by atoms with E-state index in [4.69, 9.17) is 11.6 Å². The molecular formula is C17H20ClIN4O2. The van der Waals surface area contributed by atoms with Crippen molar-refractivity contribution in [1.82, 2.24) is 10.6 Å². The zero-order valence-corrected chi connectivity index (χ0v) is 16.8. The van der Waals surface area contributed by atoms with Crippen molar-refractivity contribution in [2.24, 2.45) is 4.99 Å². The van der Waals surface area contributed by atoms with Gasteiger partial charge in [-0.15, -0.1) is 24.0 Å². The normalized spacial score (nSPS) is 10.7. The second-order valence-electron chi connectivity index (χ2n) is 5.11. The molecule has 2 aromatic carbocycles. The smallest absolute Gasteiger partial charge is 0.274 e. The average Bonchev–Trinajstić information content (AvgIpc) is 2.59. The van der Waals surface area contributed by atoms with Crippen LogP contribution in [0.25, 0.3) is 0 Å². The maximum atomic E-state index is 11.0. The van der Waals surface area contributed by atoms with Gasteiger partial charge in [0, 0.05) is 36.8 Å². The molecule has 0 aliphatic rings. The third kappa shape index (κ3) is 6.87. The molecule has 0 bridgehead atoms. The summed E-state index contributed by atoms with van der Waals surface area (Å²) in [5.74, 6) is 0.599. The number of benzene rings is 2. The molecule has 2 aromatic rings. The van der Waals surface area contributed by atoms with Gasteiger partial charge in [-0.1, -0.05) is 41.9 Å². The molecule has 0 aromatic heterocycles. The number of nitro groups is 1. The number of halogens is 2. The monoisotopic (exact) mass is 474 g/mol. The van der Waals surface area contributed by atoms with E-state index in [1.807, 2.05) is 24.3 Å². The molecule has 0 fully saturated rings. The minimum atomic E-state index is -0.381. The highest BCUT2D eigenvalue weighted by Gasteiger charge is 2.12. The number of para-hydroxylation sites is 1. The first kappa shape index (κ1) is 21.2. The number of guanidine groups is 1.